The summed E-state index contributed by atoms with van der Waals surface area (Å²) in [6.45, 7) is 2.04. The molecular formula is C13H9Cl3. The minimum atomic E-state index is 0.404. The Hall–Kier alpha value is -0.690. The van der Waals surface area contributed by atoms with Gasteiger partial charge in [-0.25, -0.2) is 0 Å². The van der Waals surface area contributed by atoms with E-state index < -0.39 is 0 Å². The Balaban J connectivity index is 2.57. The van der Waals surface area contributed by atoms with Gasteiger partial charge in [0.2, 0.25) is 0 Å². The average Bonchev–Trinajstić information content (AvgIpc) is 2.28. The molecule has 0 bridgehead atoms. The summed E-state index contributed by atoms with van der Waals surface area (Å²) >= 11 is 18.0. The van der Waals surface area contributed by atoms with Crippen LogP contribution in [0.3, 0.4) is 0 Å². The lowest BCUT2D eigenvalue weighted by Crippen LogP contribution is -1.82. The monoisotopic (exact) mass is 270 g/mol. The van der Waals surface area contributed by atoms with Gasteiger partial charge in [0.1, 0.15) is 0 Å². The lowest BCUT2D eigenvalue weighted by atomic mass is 10.0. The van der Waals surface area contributed by atoms with Crippen LogP contribution in [0.5, 0.6) is 0 Å². The number of hydrogen-bond donors (Lipinski definition) is 0. The molecule has 16 heavy (non-hydrogen) atoms. The van der Waals surface area contributed by atoms with Crippen LogP contribution in [0.1, 0.15) is 5.56 Å². The fourth-order valence-corrected chi connectivity index (χ4v) is 2.13. The number of benzene rings is 2. The summed E-state index contributed by atoms with van der Waals surface area (Å²) in [5.41, 5.74) is 3.14. The molecule has 2 aromatic carbocycles. The lowest BCUT2D eigenvalue weighted by Gasteiger charge is -2.07. The van der Waals surface area contributed by atoms with Crippen LogP contribution in [0.4, 0.5) is 0 Å². The van der Waals surface area contributed by atoms with Gasteiger partial charge in [0.15, 0.2) is 0 Å². The van der Waals surface area contributed by atoms with Crippen LogP contribution in [0.25, 0.3) is 11.1 Å². The van der Waals surface area contributed by atoms with Crippen LogP contribution in [0.15, 0.2) is 36.4 Å². The molecule has 0 atom stereocenters. The van der Waals surface area contributed by atoms with E-state index in [0.717, 1.165) is 11.1 Å². The molecule has 0 heterocycles. The van der Waals surface area contributed by atoms with E-state index >= 15 is 0 Å². The molecule has 0 aromatic heterocycles. The normalized spacial score (nSPS) is 10.5. The second kappa shape index (κ2) is 4.67. The fourth-order valence-electron chi connectivity index (χ4n) is 1.48. The molecule has 0 unspecified atom stereocenters. The van der Waals surface area contributed by atoms with Crippen molar-refractivity contribution in [3.8, 4) is 11.1 Å². The van der Waals surface area contributed by atoms with E-state index in [1.165, 1.54) is 5.56 Å². The summed E-state index contributed by atoms with van der Waals surface area (Å²) in [7, 11) is 0. The summed E-state index contributed by atoms with van der Waals surface area (Å²) in [4.78, 5) is 0. The molecule has 0 N–H and O–H groups in total. The van der Waals surface area contributed by atoms with Gasteiger partial charge >= 0.3 is 0 Å². The van der Waals surface area contributed by atoms with Crippen molar-refractivity contribution in [2.75, 3.05) is 0 Å². The van der Waals surface area contributed by atoms with Gasteiger partial charge in [0.25, 0.3) is 0 Å². The largest absolute Gasteiger partial charge is 0.0827 e. The first-order valence-corrected chi connectivity index (χ1v) is 5.93. The predicted octanol–water partition coefficient (Wildman–Crippen LogP) is 5.62. The van der Waals surface area contributed by atoms with E-state index in [1.807, 2.05) is 37.3 Å². The van der Waals surface area contributed by atoms with Crippen molar-refractivity contribution in [1.82, 2.24) is 0 Å². The summed E-state index contributed by atoms with van der Waals surface area (Å²) < 4.78 is 0. The Morgan fingerprint density at radius 3 is 2.00 bits per heavy atom. The molecule has 0 aliphatic carbocycles. The molecule has 2 rings (SSSR count). The minimum Gasteiger partial charge on any atom is -0.0827 e. The van der Waals surface area contributed by atoms with Gasteiger partial charge in [-0.15, -0.1) is 0 Å². The molecule has 3 heteroatoms. The predicted molar refractivity (Wildman–Crippen MR) is 71.6 cm³/mol. The van der Waals surface area contributed by atoms with Crippen LogP contribution >= 0.6 is 34.8 Å². The molecule has 0 amide bonds. The van der Waals surface area contributed by atoms with Crippen molar-refractivity contribution in [3.63, 3.8) is 0 Å². The maximum absolute atomic E-state index is 6.16. The van der Waals surface area contributed by atoms with Crippen LogP contribution in [-0.2, 0) is 0 Å². The topological polar surface area (TPSA) is 0 Å². The zero-order chi connectivity index (χ0) is 11.7. The Labute approximate surface area is 110 Å². The van der Waals surface area contributed by atoms with Crippen molar-refractivity contribution in [3.05, 3.63) is 57.0 Å². The van der Waals surface area contributed by atoms with Gasteiger partial charge in [-0.2, -0.15) is 0 Å². The molecule has 0 aliphatic rings. The highest BCUT2D eigenvalue weighted by Crippen LogP contribution is 2.37. The van der Waals surface area contributed by atoms with Gasteiger partial charge < -0.3 is 0 Å². The van der Waals surface area contributed by atoms with E-state index in [1.54, 1.807) is 6.07 Å². The molecule has 0 radical (unpaired) electrons. The van der Waals surface area contributed by atoms with Gasteiger partial charge in [-0.1, -0.05) is 70.7 Å². The Morgan fingerprint density at radius 1 is 0.750 bits per heavy atom. The van der Waals surface area contributed by atoms with Crippen molar-refractivity contribution in [2.45, 2.75) is 6.92 Å². The zero-order valence-corrected chi connectivity index (χ0v) is 10.9. The van der Waals surface area contributed by atoms with E-state index in [-0.39, 0.29) is 0 Å². The molecule has 0 saturated carbocycles. The van der Waals surface area contributed by atoms with Crippen LogP contribution in [-0.4, -0.2) is 0 Å². The second-order valence-corrected chi connectivity index (χ2v) is 4.75. The Bertz CT molecular complexity index is 515. The fraction of sp³-hybridized carbons (Fsp3) is 0.0769. The van der Waals surface area contributed by atoms with Crippen LogP contribution < -0.4 is 0 Å². The molecule has 0 aliphatic heterocycles. The molecule has 82 valence electrons. The van der Waals surface area contributed by atoms with Crippen molar-refractivity contribution >= 4 is 34.8 Å². The second-order valence-electron chi connectivity index (χ2n) is 3.59. The third kappa shape index (κ3) is 2.20. The maximum Gasteiger partial charge on any atom is 0.0784 e. The standard InChI is InChI=1S/C13H9Cl3/c1-8-2-4-9(5-3-8)10-6-7-11(14)13(16)12(10)15/h2-7H,1H3. The van der Waals surface area contributed by atoms with Crippen molar-refractivity contribution in [2.24, 2.45) is 0 Å². The van der Waals surface area contributed by atoms with Gasteiger partial charge in [0.05, 0.1) is 15.1 Å². The number of rotatable bonds is 1. The van der Waals surface area contributed by atoms with Gasteiger partial charge in [0, 0.05) is 5.56 Å². The summed E-state index contributed by atoms with van der Waals surface area (Å²) in [6, 6.07) is 11.7. The number of hydrogen-bond acceptors (Lipinski definition) is 0. The first-order chi connectivity index (χ1) is 7.59. The van der Waals surface area contributed by atoms with Gasteiger partial charge in [-0.3, -0.25) is 0 Å². The smallest absolute Gasteiger partial charge is 0.0784 e. The summed E-state index contributed by atoms with van der Waals surface area (Å²) in [5, 5.41) is 1.38. The zero-order valence-electron chi connectivity index (χ0n) is 8.60. The van der Waals surface area contributed by atoms with E-state index in [0.29, 0.717) is 15.1 Å². The quantitative estimate of drug-likeness (QED) is 0.590. The lowest BCUT2D eigenvalue weighted by molar-refractivity contribution is 1.47. The SMILES string of the molecule is Cc1ccc(-c2ccc(Cl)c(Cl)c2Cl)cc1. The van der Waals surface area contributed by atoms with Crippen molar-refractivity contribution in [1.29, 1.82) is 0 Å². The number of halogens is 3. The highest BCUT2D eigenvalue weighted by Gasteiger charge is 2.09. The minimum absolute atomic E-state index is 0.404. The molecule has 0 spiro atoms. The maximum atomic E-state index is 6.16. The van der Waals surface area contributed by atoms with Crippen LogP contribution in [0.2, 0.25) is 15.1 Å². The first-order valence-electron chi connectivity index (χ1n) is 4.80. The third-order valence-corrected chi connectivity index (χ3v) is 3.69. The highest BCUT2D eigenvalue weighted by atomic mass is 35.5. The van der Waals surface area contributed by atoms with E-state index in [2.05, 4.69) is 0 Å². The van der Waals surface area contributed by atoms with Crippen molar-refractivity contribution < 1.29 is 0 Å². The first kappa shape index (κ1) is 11.8. The molecular weight excluding hydrogens is 263 g/mol. The van der Waals surface area contributed by atoms with Gasteiger partial charge in [-0.05, 0) is 18.6 Å². The molecule has 0 nitrogen and oxygen atoms in total. The van der Waals surface area contributed by atoms with E-state index in [4.69, 9.17) is 34.8 Å². The highest BCUT2D eigenvalue weighted by molar-refractivity contribution is 6.49. The van der Waals surface area contributed by atoms with E-state index in [9.17, 15) is 0 Å². The third-order valence-electron chi connectivity index (χ3n) is 2.40. The Kier molecular flexibility index (Phi) is 3.44. The molecule has 0 saturated heterocycles. The average molecular weight is 272 g/mol. The number of aryl methyl sites for hydroxylation is 1. The molecule has 0 fully saturated rings. The molecule has 2 aromatic rings. The summed E-state index contributed by atoms with van der Waals surface area (Å²) in [6.07, 6.45) is 0. The summed E-state index contributed by atoms with van der Waals surface area (Å²) in [5.74, 6) is 0. The Morgan fingerprint density at radius 2 is 1.38 bits per heavy atom. The van der Waals surface area contributed by atoms with Crippen LogP contribution in [0, 0.1) is 6.92 Å².